The Morgan fingerprint density at radius 2 is 2.15 bits per heavy atom. The molecule has 4 rings (SSSR count). The number of thiazole rings is 1. The molecule has 0 spiro atoms. The molecule has 0 aliphatic carbocycles. The van der Waals surface area contributed by atoms with E-state index >= 15 is 0 Å². The summed E-state index contributed by atoms with van der Waals surface area (Å²) in [5.74, 6) is 0. The number of thiophene rings is 1. The minimum Gasteiger partial charge on any atom is -0.308 e. The van der Waals surface area contributed by atoms with Crippen molar-refractivity contribution in [2.45, 2.75) is 25.3 Å². The van der Waals surface area contributed by atoms with E-state index in [1.165, 1.54) is 39.2 Å². The number of nitrogens with one attached hydrogen (secondary N) is 1. The van der Waals surface area contributed by atoms with Crippen LogP contribution in [0.4, 0.5) is 0 Å². The zero-order valence-electron chi connectivity index (χ0n) is 11.1. The fraction of sp³-hybridized carbons (Fsp3) is 0.312. The second-order valence-electron chi connectivity index (χ2n) is 5.22. The number of benzene rings is 1. The molecule has 102 valence electrons. The summed E-state index contributed by atoms with van der Waals surface area (Å²) in [6.07, 6.45) is 3.83. The number of piperidine rings is 1. The molecule has 1 aliphatic heterocycles. The van der Waals surface area contributed by atoms with Crippen LogP contribution in [0.25, 0.3) is 20.7 Å². The number of rotatable bonds is 2. The molecular formula is C16H16N2S2. The Morgan fingerprint density at radius 3 is 3.00 bits per heavy atom. The summed E-state index contributed by atoms with van der Waals surface area (Å²) in [6.45, 7) is 1.13. The van der Waals surface area contributed by atoms with Gasteiger partial charge in [-0.3, -0.25) is 0 Å². The van der Waals surface area contributed by atoms with Crippen molar-refractivity contribution in [3.05, 3.63) is 40.7 Å². The van der Waals surface area contributed by atoms with Gasteiger partial charge in [0.05, 0.1) is 16.6 Å². The molecule has 2 nitrogen and oxygen atoms in total. The summed E-state index contributed by atoms with van der Waals surface area (Å²) >= 11 is 3.63. The van der Waals surface area contributed by atoms with Gasteiger partial charge in [-0.05, 0) is 36.9 Å². The summed E-state index contributed by atoms with van der Waals surface area (Å²) in [5.41, 5.74) is 1.14. The van der Waals surface area contributed by atoms with Crippen LogP contribution in [0.5, 0.6) is 0 Å². The highest BCUT2D eigenvalue weighted by atomic mass is 32.1. The van der Waals surface area contributed by atoms with Crippen molar-refractivity contribution in [2.24, 2.45) is 0 Å². The van der Waals surface area contributed by atoms with E-state index in [4.69, 9.17) is 4.98 Å². The average molecular weight is 300 g/mol. The van der Waals surface area contributed by atoms with Crippen LogP contribution in [0, 0.1) is 0 Å². The van der Waals surface area contributed by atoms with Crippen molar-refractivity contribution >= 4 is 32.8 Å². The van der Waals surface area contributed by atoms with E-state index in [1.807, 2.05) is 11.3 Å². The lowest BCUT2D eigenvalue weighted by molar-refractivity contribution is 0.411. The Bertz CT molecular complexity index is 690. The second-order valence-corrected chi connectivity index (χ2v) is 7.20. The number of nitrogens with zero attached hydrogens (tertiary/aromatic N) is 1. The molecule has 20 heavy (non-hydrogen) atoms. The minimum atomic E-state index is 0.469. The lowest BCUT2D eigenvalue weighted by Gasteiger charge is -2.21. The van der Waals surface area contributed by atoms with Gasteiger partial charge in [-0.25, -0.2) is 4.98 Å². The number of aromatic nitrogens is 1. The van der Waals surface area contributed by atoms with E-state index < -0.39 is 0 Å². The highest BCUT2D eigenvalue weighted by molar-refractivity contribution is 7.22. The van der Waals surface area contributed by atoms with E-state index in [0.717, 1.165) is 12.2 Å². The van der Waals surface area contributed by atoms with E-state index in [1.54, 1.807) is 11.3 Å². The Morgan fingerprint density at radius 1 is 1.20 bits per heavy atom. The maximum Gasteiger partial charge on any atom is 0.110 e. The molecule has 0 amide bonds. The minimum absolute atomic E-state index is 0.469. The topological polar surface area (TPSA) is 24.9 Å². The van der Waals surface area contributed by atoms with Gasteiger partial charge >= 0.3 is 0 Å². The predicted molar refractivity (Wildman–Crippen MR) is 87.5 cm³/mol. The summed E-state index contributed by atoms with van der Waals surface area (Å²) in [6, 6.07) is 11.3. The van der Waals surface area contributed by atoms with Gasteiger partial charge in [0, 0.05) is 10.1 Å². The second kappa shape index (κ2) is 5.28. The number of fused-ring (bicyclic) bond motifs is 1. The third-order valence-electron chi connectivity index (χ3n) is 3.81. The molecule has 1 N–H and O–H groups in total. The molecule has 3 heterocycles. The average Bonchev–Trinajstić information content (AvgIpc) is 3.14. The molecule has 2 aromatic heterocycles. The maximum atomic E-state index is 4.87. The van der Waals surface area contributed by atoms with Gasteiger partial charge in [0.2, 0.25) is 0 Å². The molecule has 1 saturated heterocycles. The molecule has 3 aromatic rings. The van der Waals surface area contributed by atoms with Crippen molar-refractivity contribution in [1.29, 1.82) is 0 Å². The van der Waals surface area contributed by atoms with E-state index in [-0.39, 0.29) is 0 Å². The molecule has 0 saturated carbocycles. The van der Waals surface area contributed by atoms with Crippen LogP contribution in [-0.2, 0) is 0 Å². The predicted octanol–water partition coefficient (Wildman–Crippen LogP) is 4.84. The monoisotopic (exact) mass is 300 g/mol. The van der Waals surface area contributed by atoms with Gasteiger partial charge in [0.25, 0.3) is 0 Å². The highest BCUT2D eigenvalue weighted by Gasteiger charge is 2.18. The van der Waals surface area contributed by atoms with Crippen molar-refractivity contribution in [2.75, 3.05) is 6.54 Å². The van der Waals surface area contributed by atoms with Gasteiger partial charge < -0.3 is 5.32 Å². The Balaban J connectivity index is 1.66. The molecule has 1 unspecified atom stereocenters. The van der Waals surface area contributed by atoms with Crippen LogP contribution in [0.3, 0.4) is 0 Å². The number of hydrogen-bond acceptors (Lipinski definition) is 4. The molecule has 1 fully saturated rings. The SMILES string of the molecule is c1ccc2sc(-c3csc(C4CCCCN4)n3)cc2c1. The Hall–Kier alpha value is -1.23. The van der Waals surface area contributed by atoms with Crippen molar-refractivity contribution in [3.8, 4) is 10.6 Å². The van der Waals surface area contributed by atoms with Crippen LogP contribution in [0.2, 0.25) is 0 Å². The summed E-state index contributed by atoms with van der Waals surface area (Å²) in [7, 11) is 0. The standard InChI is InChI=1S/C16H16N2S2/c1-2-7-14-11(5-1)9-15(20-14)13-10-19-16(18-13)12-6-3-4-8-17-12/h1-2,5,7,9-10,12,17H,3-4,6,8H2. The van der Waals surface area contributed by atoms with E-state index in [2.05, 4.69) is 41.0 Å². The zero-order valence-corrected chi connectivity index (χ0v) is 12.8. The zero-order chi connectivity index (χ0) is 13.4. The van der Waals surface area contributed by atoms with Gasteiger partial charge in [0.1, 0.15) is 5.01 Å². The fourth-order valence-corrected chi connectivity index (χ4v) is 4.76. The van der Waals surface area contributed by atoms with Crippen molar-refractivity contribution < 1.29 is 0 Å². The third kappa shape index (κ3) is 2.28. The van der Waals surface area contributed by atoms with Gasteiger partial charge in [-0.1, -0.05) is 24.6 Å². The van der Waals surface area contributed by atoms with Crippen molar-refractivity contribution in [1.82, 2.24) is 10.3 Å². The Kier molecular flexibility index (Phi) is 3.30. The quantitative estimate of drug-likeness (QED) is 0.732. The summed E-state index contributed by atoms with van der Waals surface area (Å²) in [5, 5.41) is 8.35. The van der Waals surface area contributed by atoms with Crippen LogP contribution in [0.15, 0.2) is 35.7 Å². The first kappa shape index (κ1) is 12.5. The third-order valence-corrected chi connectivity index (χ3v) is 5.91. The molecule has 1 atom stereocenters. The summed E-state index contributed by atoms with van der Waals surface area (Å²) < 4.78 is 1.34. The number of hydrogen-bond donors (Lipinski definition) is 1. The highest BCUT2D eigenvalue weighted by Crippen LogP contribution is 2.35. The largest absolute Gasteiger partial charge is 0.308 e. The van der Waals surface area contributed by atoms with Crippen molar-refractivity contribution in [3.63, 3.8) is 0 Å². The molecular weight excluding hydrogens is 284 g/mol. The summed E-state index contributed by atoms with van der Waals surface area (Å²) in [4.78, 5) is 6.15. The van der Waals surface area contributed by atoms with E-state index in [0.29, 0.717) is 6.04 Å². The maximum absolute atomic E-state index is 4.87. The normalized spacial score (nSPS) is 19.5. The van der Waals surface area contributed by atoms with Crippen LogP contribution in [-0.4, -0.2) is 11.5 Å². The molecule has 1 aromatic carbocycles. The first-order chi connectivity index (χ1) is 9.90. The molecule has 4 heteroatoms. The fourth-order valence-electron chi connectivity index (χ4n) is 2.73. The first-order valence-corrected chi connectivity index (χ1v) is 8.77. The van der Waals surface area contributed by atoms with Crippen LogP contribution < -0.4 is 5.32 Å². The van der Waals surface area contributed by atoms with Crippen LogP contribution in [0.1, 0.15) is 30.3 Å². The first-order valence-electron chi connectivity index (χ1n) is 7.08. The lowest BCUT2D eigenvalue weighted by atomic mass is 10.1. The van der Waals surface area contributed by atoms with Gasteiger partial charge in [-0.15, -0.1) is 22.7 Å². The molecule has 0 bridgehead atoms. The van der Waals surface area contributed by atoms with E-state index in [9.17, 15) is 0 Å². The lowest BCUT2D eigenvalue weighted by Crippen LogP contribution is -2.26. The van der Waals surface area contributed by atoms with Gasteiger partial charge in [0.15, 0.2) is 0 Å². The molecule has 1 aliphatic rings. The van der Waals surface area contributed by atoms with Gasteiger partial charge in [-0.2, -0.15) is 0 Å². The Labute approximate surface area is 126 Å². The molecule has 0 radical (unpaired) electrons. The smallest absolute Gasteiger partial charge is 0.110 e. The van der Waals surface area contributed by atoms with Crippen LogP contribution >= 0.6 is 22.7 Å².